The zero-order valence-corrected chi connectivity index (χ0v) is 85.3. The zero-order chi connectivity index (χ0) is 89.0. The minimum Gasteiger partial charge on any atom is -0.456 e. The molecule has 4 aromatic rings. The number of hydrogen-bond donors (Lipinski definition) is 0. The third-order valence-corrected chi connectivity index (χ3v) is 56.9. The van der Waals surface area contributed by atoms with Crippen LogP contribution < -0.4 is 20.7 Å². The molecule has 18 atom stereocenters. The Kier molecular flexibility index (Phi) is 32.7. The van der Waals surface area contributed by atoms with Crippen LogP contribution in [0.4, 0.5) is 0 Å². The summed E-state index contributed by atoms with van der Waals surface area (Å²) >= 11 is 0. The van der Waals surface area contributed by atoms with Gasteiger partial charge in [0.05, 0.1) is 73.2 Å². The minimum absolute atomic E-state index is 0.00777. The number of benzene rings is 4. The molecule has 666 valence electrons. The number of carbonyl (C=O) groups excluding carboxylic acids is 2. The Bertz CT molecular complexity index is 3970. The van der Waals surface area contributed by atoms with Gasteiger partial charge in [0, 0.05) is 37.9 Å². The number of ether oxygens (including phenoxy) is 6. The fourth-order valence-corrected chi connectivity index (χ4v) is 32.2. The van der Waals surface area contributed by atoms with Crippen molar-refractivity contribution in [2.45, 2.75) is 389 Å². The van der Waals surface area contributed by atoms with Crippen molar-refractivity contribution in [3.05, 3.63) is 183 Å². The predicted molar refractivity (Wildman–Crippen MR) is 509 cm³/mol. The smallest absolute Gasteiger partial charge is 0.330 e. The molecule has 0 radical (unpaired) electrons. The highest BCUT2D eigenvalue weighted by Gasteiger charge is 2.61. The SMILES string of the molecule is C=CCC[C@@H]1O[C@H](C(/C=C/C(=O)CC[C@H]2CC(=C)[C@H](CC[C@H]3C[C@@H](C)C(=C)[C@@H](CC4OC5CC(O[Si](c6ccccc6)(c6ccccc6)C(C)(C)C)C(CCO[Si](c6ccccc6)(c6ccccc6)C(C)(C)C)OC5C(C)C4OC(=O)C=C)O3)O2)O[Si](C)(C)C(C)(C)C)[C@@H](O[Si](C)(C)C(C)(C)C)[C@@H](O[Si](C)(C)C(C)(C)C)[C@H]1O[Si](C)(C)C(C)(C)C. The van der Waals surface area contributed by atoms with E-state index in [9.17, 15) is 9.59 Å². The van der Waals surface area contributed by atoms with Gasteiger partial charge >= 0.3 is 5.97 Å². The summed E-state index contributed by atoms with van der Waals surface area (Å²) in [4.78, 5) is 28.5. The van der Waals surface area contributed by atoms with E-state index in [1.165, 1.54) is 26.8 Å². The molecule has 5 heterocycles. The summed E-state index contributed by atoms with van der Waals surface area (Å²) in [5, 5.41) is 3.67. The van der Waals surface area contributed by atoms with E-state index in [0.29, 0.717) is 51.6 Å². The van der Waals surface area contributed by atoms with E-state index in [-0.39, 0.29) is 78.7 Å². The van der Waals surface area contributed by atoms with Crippen molar-refractivity contribution >= 4 is 82.4 Å². The van der Waals surface area contributed by atoms with Gasteiger partial charge in [-0.25, -0.2) is 4.79 Å². The van der Waals surface area contributed by atoms with E-state index in [4.69, 9.17) is 61.6 Å². The van der Waals surface area contributed by atoms with Crippen LogP contribution in [-0.4, -0.2) is 166 Å². The van der Waals surface area contributed by atoms with Gasteiger partial charge in [-0.05, 0) is 178 Å². The molecule has 5 aliphatic heterocycles. The Hall–Kier alpha value is -4.42. The molecule has 0 amide bonds. The van der Waals surface area contributed by atoms with E-state index in [2.05, 4.69) is 332 Å². The molecule has 0 N–H and O–H groups in total. The van der Waals surface area contributed by atoms with Gasteiger partial charge < -0.3 is 55.0 Å². The maximum absolute atomic E-state index is 14.7. The third-order valence-electron chi connectivity index (χ3n) is 28.9. The van der Waals surface area contributed by atoms with Gasteiger partial charge in [-0.1, -0.05) is 292 Å². The Labute approximate surface area is 733 Å². The van der Waals surface area contributed by atoms with Crippen LogP contribution >= 0.6 is 0 Å². The maximum Gasteiger partial charge on any atom is 0.330 e. The molecule has 5 aliphatic rings. The highest BCUT2D eigenvalue weighted by Crippen LogP contribution is 2.51. The first kappa shape index (κ1) is 99.4. The molecular formula is C100H158O14Si6. The monoisotopic (exact) mass is 1750 g/mol. The Morgan fingerprint density at radius 3 is 1.43 bits per heavy atom. The fourth-order valence-electron chi connectivity index (χ4n) is 17.7. The number of esters is 1. The van der Waals surface area contributed by atoms with Crippen LogP contribution in [0.2, 0.25) is 82.6 Å². The molecule has 5 saturated heterocycles. The van der Waals surface area contributed by atoms with E-state index >= 15 is 0 Å². The average molecular weight is 1750 g/mol. The van der Waals surface area contributed by atoms with Crippen LogP contribution in [0.3, 0.4) is 0 Å². The number of hydrogen-bond acceptors (Lipinski definition) is 14. The molecule has 5 fully saturated rings. The highest BCUT2D eigenvalue weighted by molar-refractivity contribution is 7.00. The molecular weight excluding hydrogens is 1590 g/mol. The Morgan fingerprint density at radius 1 is 0.483 bits per heavy atom. The number of ketones is 1. The van der Waals surface area contributed by atoms with Gasteiger partial charge in [-0.3, -0.25) is 4.79 Å². The largest absolute Gasteiger partial charge is 0.456 e. The highest BCUT2D eigenvalue weighted by atomic mass is 28.4. The number of allylic oxidation sites excluding steroid dienone is 2. The number of fused-ring (bicyclic) bond motifs is 1. The number of carbonyl (C=O) groups is 2. The molecule has 0 aromatic heterocycles. The van der Waals surface area contributed by atoms with Gasteiger partial charge in [0.2, 0.25) is 0 Å². The molecule has 8 unspecified atom stereocenters. The Balaban J connectivity index is 0.941. The second kappa shape index (κ2) is 39.4. The van der Waals surface area contributed by atoms with Gasteiger partial charge in [-0.2, -0.15) is 0 Å². The van der Waals surface area contributed by atoms with Crippen molar-refractivity contribution in [1.82, 2.24) is 0 Å². The van der Waals surface area contributed by atoms with Crippen molar-refractivity contribution in [2.24, 2.45) is 11.8 Å². The third kappa shape index (κ3) is 22.9. The first-order chi connectivity index (χ1) is 55.6. The summed E-state index contributed by atoms with van der Waals surface area (Å²) in [7, 11) is -16.4. The van der Waals surface area contributed by atoms with Crippen molar-refractivity contribution < 1.29 is 64.6 Å². The zero-order valence-electron chi connectivity index (χ0n) is 79.3. The molecule has 0 saturated carbocycles. The van der Waals surface area contributed by atoms with Gasteiger partial charge in [-0.15, -0.1) is 6.58 Å². The Morgan fingerprint density at radius 2 is 0.958 bits per heavy atom. The minimum atomic E-state index is -3.20. The molecule has 9 rings (SSSR count). The van der Waals surface area contributed by atoms with E-state index in [1.807, 2.05) is 12.2 Å². The molecule has 14 nitrogen and oxygen atoms in total. The van der Waals surface area contributed by atoms with E-state index < -0.39 is 129 Å². The van der Waals surface area contributed by atoms with Gasteiger partial charge in [0.1, 0.15) is 24.4 Å². The summed E-state index contributed by atoms with van der Waals surface area (Å²) in [6.45, 7) is 82.0. The summed E-state index contributed by atoms with van der Waals surface area (Å²) in [5.74, 6) is -0.705. The molecule has 20 heteroatoms. The maximum atomic E-state index is 14.7. The van der Waals surface area contributed by atoms with Crippen LogP contribution in [0.5, 0.6) is 0 Å². The molecule has 0 aliphatic carbocycles. The fraction of sp³-hybridized carbons (Fsp3) is 0.640. The summed E-state index contributed by atoms with van der Waals surface area (Å²) in [6, 6.07) is 43.3. The van der Waals surface area contributed by atoms with Crippen LogP contribution in [0.15, 0.2) is 183 Å². The average Bonchev–Trinajstić information content (AvgIpc) is 0.741. The van der Waals surface area contributed by atoms with E-state index in [0.717, 1.165) is 30.4 Å². The first-order valence-electron chi connectivity index (χ1n) is 45.2. The van der Waals surface area contributed by atoms with Crippen LogP contribution in [0.25, 0.3) is 0 Å². The molecule has 0 bridgehead atoms. The lowest BCUT2D eigenvalue weighted by Gasteiger charge is -2.56. The summed E-state index contributed by atoms with van der Waals surface area (Å²) in [5.41, 5.74) is 2.02. The van der Waals surface area contributed by atoms with Crippen LogP contribution in [-0.2, 0) is 64.6 Å². The van der Waals surface area contributed by atoms with Crippen molar-refractivity contribution in [1.29, 1.82) is 0 Å². The lowest BCUT2D eigenvalue weighted by atomic mass is 9.79. The lowest BCUT2D eigenvalue weighted by Crippen LogP contribution is -2.70. The molecule has 120 heavy (non-hydrogen) atoms. The normalized spacial score (nSPS) is 27.8. The van der Waals surface area contributed by atoms with Gasteiger partial charge in [0.25, 0.3) is 16.6 Å². The van der Waals surface area contributed by atoms with Crippen molar-refractivity contribution in [2.75, 3.05) is 6.61 Å². The second-order valence-electron chi connectivity index (χ2n) is 43.8. The molecule has 4 aromatic carbocycles. The lowest BCUT2D eigenvalue weighted by molar-refractivity contribution is -0.270. The topological polar surface area (TPSA) is 145 Å². The number of rotatable bonds is 34. The van der Waals surface area contributed by atoms with Crippen molar-refractivity contribution in [3.63, 3.8) is 0 Å². The summed E-state index contributed by atoms with van der Waals surface area (Å²) < 4.78 is 90.3. The standard InChI is InChI=1S/C100H158O14Si6/c1-33-35-56-82-92(112-116(27,28)96(10,11)12)94(114-118(31,32)98(16,17)18)93(113-117(29,30)97(13,14)15)91(108-82)83(110-115(25,26)95(7,8)9)61-58-73(101)57-59-74-66-70(4)80(104-74)62-60-75-65-69(3)71(5)84(105-75)67-86-90(109-88(102)34-2)72(6)89-87(106-86)68-85(111-120(100(22,23)24,78-52-44-38-45-53-78)79-54-46-39-47-55-79)81(107-89)63-64-103-119(99(19,20)21,76-48-40-36-41-49-76)77-50-42-37-43-51-77/h33-34,36-55,58,61,69,72,74-75,80-87,89-94H,1-2,4-5,35,56-57,59-60,62-68H2,3,6-32H3/b61-58+/t69-,72?,74+,75+,80+,81?,82+,83?,84-,85?,86?,87?,89?,90?,91-,92+,93-,94+/m1/s1. The van der Waals surface area contributed by atoms with Crippen molar-refractivity contribution in [3.8, 4) is 0 Å². The van der Waals surface area contributed by atoms with Crippen LogP contribution in [0.1, 0.15) is 209 Å². The second-order valence-corrected chi connectivity index (χ2v) is 71.4. The summed E-state index contributed by atoms with van der Waals surface area (Å²) in [6.07, 6.45) is 6.37. The van der Waals surface area contributed by atoms with Crippen LogP contribution in [0, 0.1) is 11.8 Å². The van der Waals surface area contributed by atoms with E-state index in [1.54, 1.807) is 6.08 Å². The van der Waals surface area contributed by atoms with Gasteiger partial charge in [0.15, 0.2) is 39.1 Å². The molecule has 0 spiro atoms. The predicted octanol–water partition coefficient (Wildman–Crippen LogP) is 22.0. The quantitative estimate of drug-likeness (QED) is 0.0189. The first-order valence-corrected chi connectivity index (χ1v) is 60.6.